The molecule has 0 saturated heterocycles. The number of H-pyrrole nitrogens is 1. The SMILES string of the molecule is CCOP(=O)(OCC)C(NC(=S)S)C(NC(=S)S)c1n[nH]c(=S)s1. The van der Waals surface area contributed by atoms with Gasteiger partial charge < -0.3 is 19.7 Å². The maximum absolute atomic E-state index is 13.3. The van der Waals surface area contributed by atoms with E-state index in [-0.39, 0.29) is 21.9 Å². The summed E-state index contributed by atoms with van der Waals surface area (Å²) < 4.78 is 24.9. The molecule has 0 bridgehead atoms. The van der Waals surface area contributed by atoms with Crippen molar-refractivity contribution in [1.29, 1.82) is 0 Å². The number of hydrogen-bond donors (Lipinski definition) is 5. The second-order valence-corrected chi connectivity index (χ2v) is 10.3. The van der Waals surface area contributed by atoms with Crippen LogP contribution in [0.4, 0.5) is 0 Å². The van der Waals surface area contributed by atoms with E-state index in [1.165, 1.54) is 11.3 Å². The van der Waals surface area contributed by atoms with Gasteiger partial charge in [-0.1, -0.05) is 35.8 Å². The minimum absolute atomic E-state index is 0.121. The van der Waals surface area contributed by atoms with E-state index in [0.29, 0.717) is 8.96 Å². The Morgan fingerprint density at radius 1 is 1.29 bits per heavy atom. The lowest BCUT2D eigenvalue weighted by molar-refractivity contribution is 0.205. The summed E-state index contributed by atoms with van der Waals surface area (Å²) >= 11 is 24.4. The topological polar surface area (TPSA) is 88.3 Å². The lowest BCUT2D eigenvalue weighted by Gasteiger charge is -2.32. The summed E-state index contributed by atoms with van der Waals surface area (Å²) in [5, 5.41) is 13.1. The van der Waals surface area contributed by atoms with Gasteiger partial charge in [-0.3, -0.25) is 9.66 Å². The number of thiol groups is 2. The largest absolute Gasteiger partial charge is 0.359 e. The molecular formula is C10H17N4O3PS6. The van der Waals surface area contributed by atoms with Gasteiger partial charge in [0.05, 0.1) is 13.2 Å². The van der Waals surface area contributed by atoms with Gasteiger partial charge in [0.1, 0.15) is 19.7 Å². The molecule has 2 unspecified atom stereocenters. The van der Waals surface area contributed by atoms with Crippen LogP contribution in [0, 0.1) is 3.95 Å². The van der Waals surface area contributed by atoms with Crippen LogP contribution in [-0.2, 0) is 13.6 Å². The standard InChI is InChI=1S/C10H17N4O3PS6/c1-3-16-18(15,17-4-2)6(12-9(21)22)5(11-8(19)20)7-13-14-10(23)24-7/h5-6H,3-4H2,1-2H3,(H,14,23)(H2,11,19,20)(H2,12,21,22). The first kappa shape index (κ1) is 22.5. The van der Waals surface area contributed by atoms with Crippen LogP contribution in [0.1, 0.15) is 24.9 Å². The number of thiocarbonyl (C=S) groups is 2. The molecule has 2 atom stereocenters. The Labute approximate surface area is 171 Å². The molecule has 1 rings (SSSR count). The van der Waals surface area contributed by atoms with Gasteiger partial charge in [-0.2, -0.15) is 5.10 Å². The zero-order valence-corrected chi connectivity index (χ0v) is 18.7. The Morgan fingerprint density at radius 3 is 2.21 bits per heavy atom. The first-order chi connectivity index (χ1) is 11.2. The maximum Gasteiger partial charge on any atom is 0.355 e. The van der Waals surface area contributed by atoms with Gasteiger partial charge in [-0.15, -0.1) is 25.3 Å². The van der Waals surface area contributed by atoms with E-state index in [4.69, 9.17) is 45.7 Å². The Balaban J connectivity index is 3.39. The van der Waals surface area contributed by atoms with E-state index in [0.717, 1.165) is 0 Å². The molecule has 14 heteroatoms. The molecule has 0 radical (unpaired) electrons. The fourth-order valence-corrected chi connectivity index (χ4v) is 5.61. The van der Waals surface area contributed by atoms with Gasteiger partial charge in [0, 0.05) is 0 Å². The van der Waals surface area contributed by atoms with Gasteiger partial charge in [0.25, 0.3) is 0 Å². The van der Waals surface area contributed by atoms with Crippen LogP contribution in [0.2, 0.25) is 0 Å². The van der Waals surface area contributed by atoms with Crippen molar-refractivity contribution >= 4 is 89.5 Å². The van der Waals surface area contributed by atoms with E-state index >= 15 is 0 Å². The molecule has 0 fully saturated rings. The van der Waals surface area contributed by atoms with Crippen LogP contribution in [0.3, 0.4) is 0 Å². The third-order valence-electron chi connectivity index (χ3n) is 2.55. The first-order valence-electron chi connectivity index (χ1n) is 6.66. The van der Waals surface area contributed by atoms with Crippen molar-refractivity contribution in [3.8, 4) is 0 Å². The summed E-state index contributed by atoms with van der Waals surface area (Å²) in [5.41, 5.74) is 0. The van der Waals surface area contributed by atoms with Crippen LogP contribution in [0.25, 0.3) is 0 Å². The Kier molecular flexibility index (Phi) is 9.85. The molecule has 0 saturated carbocycles. The van der Waals surface area contributed by atoms with Gasteiger partial charge in [0.2, 0.25) is 0 Å². The fraction of sp³-hybridized carbons (Fsp3) is 0.600. The molecule has 3 N–H and O–H groups in total. The van der Waals surface area contributed by atoms with Crippen LogP contribution < -0.4 is 10.6 Å². The Morgan fingerprint density at radius 2 is 1.83 bits per heavy atom. The summed E-state index contributed by atoms with van der Waals surface area (Å²) in [6, 6.07) is -0.706. The molecule has 0 aliphatic heterocycles. The number of aromatic nitrogens is 2. The average molecular weight is 465 g/mol. The normalized spacial score (nSPS) is 14.0. The lowest BCUT2D eigenvalue weighted by atomic mass is 10.3. The number of hydrogen-bond acceptors (Lipinski definition) is 8. The molecule has 1 heterocycles. The number of nitrogens with one attached hydrogen (secondary N) is 3. The van der Waals surface area contributed by atoms with Crippen molar-refractivity contribution in [2.75, 3.05) is 13.2 Å². The monoisotopic (exact) mass is 464 g/mol. The summed E-state index contributed by atoms with van der Waals surface area (Å²) in [4.78, 5) is 0. The zero-order valence-electron chi connectivity index (χ0n) is 12.7. The van der Waals surface area contributed by atoms with Crippen molar-refractivity contribution in [2.45, 2.75) is 25.7 Å². The van der Waals surface area contributed by atoms with E-state index in [1.54, 1.807) is 13.8 Å². The maximum atomic E-state index is 13.3. The van der Waals surface area contributed by atoms with Crippen molar-refractivity contribution in [3.05, 3.63) is 8.96 Å². The number of aromatic amines is 1. The molecule has 0 spiro atoms. The van der Waals surface area contributed by atoms with Crippen LogP contribution in [-0.4, -0.2) is 37.8 Å². The molecule has 1 aromatic rings. The highest BCUT2D eigenvalue weighted by atomic mass is 32.2. The summed E-state index contributed by atoms with van der Waals surface area (Å²) in [5.74, 6) is -0.929. The molecule has 1 aromatic heterocycles. The van der Waals surface area contributed by atoms with Gasteiger partial charge >= 0.3 is 7.60 Å². The molecule has 7 nitrogen and oxygen atoms in total. The minimum atomic E-state index is -3.64. The van der Waals surface area contributed by atoms with Crippen molar-refractivity contribution in [3.63, 3.8) is 0 Å². The fourth-order valence-electron chi connectivity index (χ4n) is 1.81. The van der Waals surface area contributed by atoms with E-state index in [1.807, 2.05) is 0 Å². The molecule has 0 amide bonds. The molecule has 0 aliphatic carbocycles. The second kappa shape index (κ2) is 10.5. The Hall–Kier alpha value is 0.410. The summed E-state index contributed by atoms with van der Waals surface area (Å²) in [6.45, 7) is 3.80. The molecule has 136 valence electrons. The highest BCUT2D eigenvalue weighted by Crippen LogP contribution is 2.55. The molecule has 0 aromatic carbocycles. The molecule has 24 heavy (non-hydrogen) atoms. The highest BCUT2D eigenvalue weighted by molar-refractivity contribution is 8.11. The predicted molar refractivity (Wildman–Crippen MR) is 114 cm³/mol. The molecular weight excluding hydrogens is 448 g/mol. The first-order valence-corrected chi connectivity index (χ1v) is 11.2. The molecule has 0 aliphatic rings. The van der Waals surface area contributed by atoms with Gasteiger partial charge in [-0.05, 0) is 26.1 Å². The van der Waals surface area contributed by atoms with Crippen molar-refractivity contribution in [1.82, 2.24) is 20.8 Å². The van der Waals surface area contributed by atoms with Gasteiger partial charge in [-0.25, -0.2) is 0 Å². The van der Waals surface area contributed by atoms with E-state index in [2.05, 4.69) is 46.1 Å². The smallest absolute Gasteiger partial charge is 0.355 e. The lowest BCUT2D eigenvalue weighted by Crippen LogP contribution is -2.44. The quantitative estimate of drug-likeness (QED) is 0.214. The van der Waals surface area contributed by atoms with Crippen molar-refractivity contribution in [2.24, 2.45) is 0 Å². The number of nitrogens with zero attached hydrogens (tertiary/aromatic N) is 1. The Bertz CT molecular complexity index is 670. The van der Waals surface area contributed by atoms with E-state index in [9.17, 15) is 4.57 Å². The third-order valence-corrected chi connectivity index (χ3v) is 6.56. The predicted octanol–water partition coefficient (Wildman–Crippen LogP) is 3.44. The van der Waals surface area contributed by atoms with Crippen molar-refractivity contribution < 1.29 is 13.6 Å². The van der Waals surface area contributed by atoms with Crippen LogP contribution in [0.15, 0.2) is 0 Å². The van der Waals surface area contributed by atoms with Crippen LogP contribution in [0.5, 0.6) is 0 Å². The van der Waals surface area contributed by atoms with Crippen LogP contribution >= 0.6 is 80.8 Å². The van der Waals surface area contributed by atoms with E-state index < -0.39 is 19.4 Å². The second-order valence-electron chi connectivity index (χ2n) is 4.15. The summed E-state index contributed by atoms with van der Waals surface area (Å²) in [7, 11) is -3.64. The number of rotatable bonds is 9. The minimum Gasteiger partial charge on any atom is -0.359 e. The average Bonchev–Trinajstić information content (AvgIpc) is 2.89. The highest BCUT2D eigenvalue weighted by Gasteiger charge is 2.44. The third kappa shape index (κ3) is 6.61. The zero-order chi connectivity index (χ0) is 18.3. The van der Waals surface area contributed by atoms with Gasteiger partial charge in [0.15, 0.2) is 9.74 Å². The summed E-state index contributed by atoms with van der Waals surface area (Å²) in [6.07, 6.45) is 0.